The lowest BCUT2D eigenvalue weighted by atomic mass is 9.98. The fourth-order valence-electron chi connectivity index (χ4n) is 2.91. The van der Waals surface area contributed by atoms with E-state index in [9.17, 15) is 17.6 Å². The Bertz CT molecular complexity index is 1170. The van der Waals surface area contributed by atoms with Gasteiger partial charge in [0.15, 0.2) is 0 Å². The van der Waals surface area contributed by atoms with Crippen LogP contribution >= 0.6 is 0 Å². The van der Waals surface area contributed by atoms with Gasteiger partial charge in [-0.2, -0.15) is 0 Å². The molecule has 2 N–H and O–H groups in total. The first-order valence-electron chi connectivity index (χ1n) is 8.71. The highest BCUT2D eigenvalue weighted by Crippen LogP contribution is 2.37. The molecule has 1 amide bonds. The van der Waals surface area contributed by atoms with Crippen LogP contribution in [0.1, 0.15) is 29.8 Å². The van der Waals surface area contributed by atoms with E-state index >= 15 is 0 Å². The molecule has 3 rings (SSSR count). The minimum Gasteiger partial charge on any atom is -0.454 e. The van der Waals surface area contributed by atoms with Gasteiger partial charge >= 0.3 is 0 Å². The number of anilines is 1. The molecule has 2 aromatic carbocycles. The zero-order valence-electron chi connectivity index (χ0n) is 16.4. The van der Waals surface area contributed by atoms with Crippen molar-refractivity contribution in [3.63, 3.8) is 0 Å². The molecular weight excluding hydrogens is 399 g/mol. The highest BCUT2D eigenvalue weighted by molar-refractivity contribution is 7.92. The normalized spacial score (nSPS) is 12.0. The number of rotatable bonds is 6. The summed E-state index contributed by atoms with van der Waals surface area (Å²) in [4.78, 5) is 12.5. The lowest BCUT2D eigenvalue weighted by Crippen LogP contribution is -2.27. The number of benzene rings is 2. The molecule has 0 fully saturated rings. The summed E-state index contributed by atoms with van der Waals surface area (Å²) in [5, 5.41) is 3.01. The number of ether oxygens (including phenoxy) is 1. The van der Waals surface area contributed by atoms with E-state index in [-0.39, 0.29) is 22.9 Å². The summed E-state index contributed by atoms with van der Waals surface area (Å²) in [6, 6.07) is 10.4. The van der Waals surface area contributed by atoms with Crippen molar-refractivity contribution >= 4 is 32.6 Å². The maximum Gasteiger partial charge on any atom is 0.299 e. The number of amides is 1. The van der Waals surface area contributed by atoms with Crippen LogP contribution in [0.3, 0.4) is 0 Å². The van der Waals surface area contributed by atoms with E-state index in [1.165, 1.54) is 31.3 Å². The summed E-state index contributed by atoms with van der Waals surface area (Å²) in [7, 11) is -1.99. The largest absolute Gasteiger partial charge is 0.454 e. The van der Waals surface area contributed by atoms with Crippen LogP contribution in [0.5, 0.6) is 5.95 Å². The molecule has 0 unspecified atom stereocenters. The third-order valence-corrected chi connectivity index (χ3v) is 4.91. The van der Waals surface area contributed by atoms with Crippen LogP contribution in [0, 0.1) is 5.82 Å². The van der Waals surface area contributed by atoms with Crippen molar-refractivity contribution in [1.82, 2.24) is 5.32 Å². The van der Waals surface area contributed by atoms with Crippen molar-refractivity contribution in [3.8, 4) is 5.95 Å². The fraction of sp³-hybridized carbons (Fsp3) is 0.250. The van der Waals surface area contributed by atoms with Crippen LogP contribution in [0.2, 0.25) is 0 Å². The molecule has 0 spiro atoms. The van der Waals surface area contributed by atoms with E-state index in [2.05, 4.69) is 10.0 Å². The number of hydrogen-bond donors (Lipinski definition) is 2. The van der Waals surface area contributed by atoms with Crippen molar-refractivity contribution in [2.45, 2.75) is 19.4 Å². The fourth-order valence-corrected chi connectivity index (χ4v) is 3.46. The maximum atomic E-state index is 13.3. The third-order valence-electron chi connectivity index (χ3n) is 4.30. The molecule has 154 valence electrons. The van der Waals surface area contributed by atoms with Gasteiger partial charge < -0.3 is 14.5 Å². The Balaban J connectivity index is 2.07. The molecule has 0 aliphatic rings. The number of hydrogen-bond acceptors (Lipinski definition) is 5. The van der Waals surface area contributed by atoms with Gasteiger partial charge in [-0.3, -0.25) is 9.52 Å². The average molecular weight is 420 g/mol. The number of sulfonamides is 1. The topological polar surface area (TPSA) is 97.6 Å². The quantitative estimate of drug-likeness (QED) is 0.635. The molecule has 0 radical (unpaired) electrons. The first kappa shape index (κ1) is 20.7. The standard InChI is InChI=1S/C20H21FN2O5S/c1-20(2,12-5-7-13(21)8-6-12)28-19-17(18(24)22-3)15-10-9-14(11-16(15)27-19)23-29(4,25)26/h5-11,23H,1-4H3,(H,22,24). The summed E-state index contributed by atoms with van der Waals surface area (Å²) >= 11 is 0. The summed E-state index contributed by atoms with van der Waals surface area (Å²) < 4.78 is 50.3. The van der Waals surface area contributed by atoms with Gasteiger partial charge in [-0.25, -0.2) is 12.8 Å². The molecule has 0 aliphatic carbocycles. The molecule has 0 saturated carbocycles. The first-order valence-corrected chi connectivity index (χ1v) is 10.6. The van der Waals surface area contributed by atoms with Gasteiger partial charge in [-0.1, -0.05) is 12.1 Å². The van der Waals surface area contributed by atoms with E-state index in [4.69, 9.17) is 9.15 Å². The van der Waals surface area contributed by atoms with Crippen molar-refractivity contribution in [1.29, 1.82) is 0 Å². The van der Waals surface area contributed by atoms with Crippen LogP contribution in [0.25, 0.3) is 11.0 Å². The smallest absolute Gasteiger partial charge is 0.299 e. The summed E-state index contributed by atoms with van der Waals surface area (Å²) in [5.41, 5.74) is 0.506. The van der Waals surface area contributed by atoms with E-state index in [0.717, 1.165) is 6.26 Å². The Labute approximate surface area is 167 Å². The van der Waals surface area contributed by atoms with Gasteiger partial charge in [-0.05, 0) is 43.7 Å². The summed E-state index contributed by atoms with van der Waals surface area (Å²) in [6.07, 6.45) is 1.04. The zero-order valence-corrected chi connectivity index (χ0v) is 17.2. The predicted molar refractivity (Wildman–Crippen MR) is 108 cm³/mol. The number of carbonyl (C=O) groups is 1. The third kappa shape index (κ3) is 4.51. The molecule has 3 aromatic rings. The van der Waals surface area contributed by atoms with Crippen molar-refractivity contribution in [3.05, 3.63) is 59.4 Å². The van der Waals surface area contributed by atoms with Crippen LogP contribution < -0.4 is 14.8 Å². The summed E-state index contributed by atoms with van der Waals surface area (Å²) in [5.74, 6) is -0.812. The van der Waals surface area contributed by atoms with E-state index in [1.54, 1.807) is 32.0 Å². The monoisotopic (exact) mass is 420 g/mol. The van der Waals surface area contributed by atoms with Crippen LogP contribution in [-0.2, 0) is 15.6 Å². The highest BCUT2D eigenvalue weighted by Gasteiger charge is 2.29. The highest BCUT2D eigenvalue weighted by atomic mass is 32.2. The molecule has 0 bridgehead atoms. The molecular formula is C20H21FN2O5S. The Morgan fingerprint density at radius 3 is 2.38 bits per heavy atom. The van der Waals surface area contributed by atoms with Gasteiger partial charge in [0.2, 0.25) is 10.0 Å². The number of fused-ring (bicyclic) bond motifs is 1. The Morgan fingerprint density at radius 1 is 1.14 bits per heavy atom. The number of furan rings is 1. The van der Waals surface area contributed by atoms with Gasteiger partial charge in [0.05, 0.1) is 11.9 Å². The van der Waals surface area contributed by atoms with Crippen molar-refractivity contribution in [2.24, 2.45) is 0 Å². The second kappa shape index (κ2) is 7.40. The number of nitrogens with one attached hydrogen (secondary N) is 2. The van der Waals surface area contributed by atoms with Crippen LogP contribution in [0.15, 0.2) is 46.9 Å². The lowest BCUT2D eigenvalue weighted by molar-refractivity contribution is 0.0736. The lowest BCUT2D eigenvalue weighted by Gasteiger charge is -2.25. The van der Waals surface area contributed by atoms with Crippen molar-refractivity contribution in [2.75, 3.05) is 18.0 Å². The minimum atomic E-state index is -3.47. The van der Waals surface area contributed by atoms with Crippen molar-refractivity contribution < 1.29 is 26.8 Å². The zero-order chi connectivity index (χ0) is 21.4. The molecule has 29 heavy (non-hydrogen) atoms. The van der Waals surface area contributed by atoms with Gasteiger partial charge in [-0.15, -0.1) is 0 Å². The second-order valence-corrected chi connectivity index (χ2v) is 8.80. The summed E-state index contributed by atoms with van der Waals surface area (Å²) in [6.45, 7) is 3.52. The van der Waals surface area contributed by atoms with Crippen LogP contribution in [-0.4, -0.2) is 27.6 Å². The predicted octanol–water partition coefficient (Wildman–Crippen LogP) is 3.62. The molecule has 1 aromatic heterocycles. The van der Waals surface area contributed by atoms with E-state index in [1.807, 2.05) is 0 Å². The minimum absolute atomic E-state index is 0.0230. The van der Waals surface area contributed by atoms with E-state index in [0.29, 0.717) is 16.6 Å². The van der Waals surface area contributed by atoms with Gasteiger partial charge in [0, 0.05) is 18.5 Å². The molecule has 0 atom stereocenters. The Hall–Kier alpha value is -3.07. The Kier molecular flexibility index (Phi) is 5.27. The number of halogens is 1. The SMILES string of the molecule is CNC(=O)c1c(OC(C)(C)c2ccc(F)cc2)oc2cc(NS(C)(=O)=O)ccc12. The molecule has 1 heterocycles. The number of carbonyl (C=O) groups excluding carboxylic acids is 1. The Morgan fingerprint density at radius 2 is 1.79 bits per heavy atom. The second-order valence-electron chi connectivity index (χ2n) is 7.05. The molecule has 7 nitrogen and oxygen atoms in total. The van der Waals surface area contributed by atoms with Gasteiger partial charge in [0.25, 0.3) is 11.9 Å². The first-order chi connectivity index (χ1) is 13.5. The average Bonchev–Trinajstić information content (AvgIpc) is 2.96. The molecule has 0 aliphatic heterocycles. The maximum absolute atomic E-state index is 13.3. The van der Waals surface area contributed by atoms with Gasteiger partial charge in [0.1, 0.15) is 22.6 Å². The molecule has 0 saturated heterocycles. The van der Waals surface area contributed by atoms with E-state index < -0.39 is 21.5 Å². The molecule has 9 heteroatoms. The van der Waals surface area contributed by atoms with Crippen LogP contribution in [0.4, 0.5) is 10.1 Å².